The summed E-state index contributed by atoms with van der Waals surface area (Å²) in [6.45, 7) is -0.722. The number of carbonyl (C=O) groups excluding carboxylic acids is 1. The summed E-state index contributed by atoms with van der Waals surface area (Å²) in [7, 11) is -2.49. The van der Waals surface area contributed by atoms with Gasteiger partial charge in [0.2, 0.25) is 15.9 Å². The van der Waals surface area contributed by atoms with Crippen LogP contribution < -0.4 is 15.7 Å². The average molecular weight is 582 g/mol. The molecule has 10 nitrogen and oxygen atoms in total. The smallest absolute Gasteiger partial charge is 0.383 e. The van der Waals surface area contributed by atoms with Gasteiger partial charge in [-0.2, -0.15) is 13.2 Å². The quantitative estimate of drug-likeness (QED) is 0.359. The minimum absolute atomic E-state index is 0.149. The molecule has 3 aromatic rings. The zero-order valence-electron chi connectivity index (χ0n) is 19.6. The lowest BCUT2D eigenvalue weighted by molar-refractivity contribution is -0.138. The van der Waals surface area contributed by atoms with Gasteiger partial charge in [-0.3, -0.25) is 9.36 Å². The van der Waals surface area contributed by atoms with Crippen LogP contribution in [0.25, 0.3) is 10.7 Å². The van der Waals surface area contributed by atoms with Gasteiger partial charge in [0, 0.05) is 13.7 Å². The molecule has 2 N–H and O–H groups in total. The minimum atomic E-state index is -4.75. The molecule has 3 rings (SSSR count). The molecule has 2 aromatic heterocycles. The predicted octanol–water partition coefficient (Wildman–Crippen LogP) is 2.50. The molecule has 0 bridgehead atoms. The van der Waals surface area contributed by atoms with E-state index >= 15 is 0 Å². The Kier molecular flexibility index (Phi) is 9.18. The maximum absolute atomic E-state index is 13.5. The molecule has 0 saturated carbocycles. The van der Waals surface area contributed by atoms with Crippen molar-refractivity contribution in [3.05, 3.63) is 62.3 Å². The first-order valence-electron chi connectivity index (χ1n) is 10.6. The van der Waals surface area contributed by atoms with Crippen molar-refractivity contribution >= 4 is 38.9 Å². The Labute approximate surface area is 219 Å². The second kappa shape index (κ2) is 11.8. The van der Waals surface area contributed by atoms with Crippen LogP contribution in [0.4, 0.5) is 13.2 Å². The zero-order chi connectivity index (χ0) is 27.4. The van der Waals surface area contributed by atoms with Crippen molar-refractivity contribution < 1.29 is 31.1 Å². The number of aromatic nitrogens is 3. The molecule has 0 fully saturated rings. The van der Waals surface area contributed by atoms with E-state index in [4.69, 9.17) is 16.3 Å². The fraction of sp³-hybridized carbons (Fsp3) is 0.381. The Morgan fingerprint density at radius 2 is 1.95 bits per heavy atom. The standard InChI is InChI=1S/C21H23ClF3N5O5S2/c1-35-10-9-29-19(16-7-8-17(22)36-16)27-30(20(29)32)12-18(31)26-11-15(28-37(2,33)34)13-5-3-4-6-14(13)21(23,24)25/h3-8,15,28H,9-12H2,1-2H3,(H,26,31). The normalized spacial score (nSPS) is 13.0. The van der Waals surface area contributed by atoms with Crippen molar-refractivity contribution in [2.75, 3.05) is 26.5 Å². The molecular weight excluding hydrogens is 559 g/mol. The molecule has 0 radical (unpaired) electrons. The lowest BCUT2D eigenvalue weighted by Crippen LogP contribution is -2.40. The summed E-state index contributed by atoms with van der Waals surface area (Å²) in [4.78, 5) is 26.1. The largest absolute Gasteiger partial charge is 0.416 e. The summed E-state index contributed by atoms with van der Waals surface area (Å²) in [5.41, 5.74) is -2.02. The van der Waals surface area contributed by atoms with Gasteiger partial charge in [0.25, 0.3) is 0 Å². The molecule has 1 unspecified atom stereocenters. The van der Waals surface area contributed by atoms with Crippen LogP contribution in [-0.2, 0) is 38.8 Å². The van der Waals surface area contributed by atoms with E-state index in [1.807, 2.05) is 0 Å². The molecule has 0 saturated heterocycles. The molecule has 16 heteroatoms. The highest BCUT2D eigenvalue weighted by Crippen LogP contribution is 2.34. The number of carbonyl (C=O) groups is 1. The zero-order valence-corrected chi connectivity index (χ0v) is 22.0. The second-order valence-electron chi connectivity index (χ2n) is 7.84. The molecule has 1 atom stereocenters. The van der Waals surface area contributed by atoms with Crippen molar-refractivity contribution in [1.29, 1.82) is 0 Å². The second-order valence-corrected chi connectivity index (χ2v) is 11.3. The van der Waals surface area contributed by atoms with Crippen LogP contribution in [0.2, 0.25) is 4.34 Å². The Morgan fingerprint density at radius 3 is 2.54 bits per heavy atom. The number of amides is 1. The first kappa shape index (κ1) is 28.8. The number of rotatable bonds is 11. The van der Waals surface area contributed by atoms with E-state index < -0.39 is 52.5 Å². The maximum atomic E-state index is 13.5. The number of halogens is 4. The Bertz CT molecular complexity index is 1420. The third-order valence-corrected chi connectivity index (χ3v) is 6.97. The molecule has 0 spiro atoms. The van der Waals surface area contributed by atoms with E-state index in [0.717, 1.165) is 23.1 Å². The number of nitrogens with one attached hydrogen (secondary N) is 2. The third kappa shape index (κ3) is 7.64. The minimum Gasteiger partial charge on any atom is -0.383 e. The molecule has 0 aliphatic carbocycles. The van der Waals surface area contributed by atoms with Gasteiger partial charge in [-0.25, -0.2) is 22.6 Å². The van der Waals surface area contributed by atoms with Crippen LogP contribution in [-0.4, -0.2) is 55.2 Å². The van der Waals surface area contributed by atoms with Gasteiger partial charge in [-0.05, 0) is 23.8 Å². The number of benzene rings is 1. The van der Waals surface area contributed by atoms with Gasteiger partial charge >= 0.3 is 11.9 Å². The van der Waals surface area contributed by atoms with Gasteiger partial charge in [0.05, 0.1) is 40.2 Å². The number of alkyl halides is 3. The number of hydrogen-bond donors (Lipinski definition) is 2. The highest BCUT2D eigenvalue weighted by molar-refractivity contribution is 7.88. The van der Waals surface area contributed by atoms with E-state index in [1.165, 1.54) is 35.1 Å². The van der Waals surface area contributed by atoms with Crippen LogP contribution in [0, 0.1) is 0 Å². The van der Waals surface area contributed by atoms with Gasteiger partial charge in [0.15, 0.2) is 5.82 Å². The third-order valence-electron chi connectivity index (χ3n) is 5.03. The number of thiophene rings is 1. The number of ether oxygens (including phenoxy) is 1. The number of hydrogen-bond acceptors (Lipinski definition) is 7. The fourth-order valence-electron chi connectivity index (χ4n) is 3.49. The molecule has 2 heterocycles. The molecular formula is C21H23ClF3N5O5S2. The monoisotopic (exact) mass is 581 g/mol. The van der Waals surface area contributed by atoms with E-state index in [2.05, 4.69) is 15.1 Å². The Balaban J connectivity index is 1.83. The van der Waals surface area contributed by atoms with Crippen LogP contribution in [0.3, 0.4) is 0 Å². The van der Waals surface area contributed by atoms with Crippen molar-refractivity contribution in [1.82, 2.24) is 24.4 Å². The molecule has 0 aliphatic heterocycles. The van der Waals surface area contributed by atoms with Crippen LogP contribution in [0.5, 0.6) is 0 Å². The van der Waals surface area contributed by atoms with Gasteiger partial charge in [0.1, 0.15) is 6.54 Å². The first-order valence-corrected chi connectivity index (χ1v) is 13.7. The predicted molar refractivity (Wildman–Crippen MR) is 132 cm³/mol. The molecule has 0 aliphatic rings. The van der Waals surface area contributed by atoms with Crippen molar-refractivity contribution in [3.8, 4) is 10.7 Å². The molecule has 1 amide bonds. The maximum Gasteiger partial charge on any atom is 0.416 e. The lowest BCUT2D eigenvalue weighted by atomic mass is 10.0. The molecule has 37 heavy (non-hydrogen) atoms. The molecule has 202 valence electrons. The Morgan fingerprint density at radius 1 is 1.24 bits per heavy atom. The number of methoxy groups -OCH3 is 1. The van der Waals surface area contributed by atoms with E-state index in [1.54, 1.807) is 12.1 Å². The number of nitrogens with zero attached hydrogens (tertiary/aromatic N) is 3. The first-order chi connectivity index (χ1) is 17.3. The summed E-state index contributed by atoms with van der Waals surface area (Å²) in [5, 5.41) is 6.61. The van der Waals surface area contributed by atoms with E-state index in [9.17, 15) is 31.2 Å². The topological polar surface area (TPSA) is 124 Å². The number of sulfonamides is 1. The molecule has 1 aromatic carbocycles. The highest BCUT2D eigenvalue weighted by atomic mass is 35.5. The Hall–Kier alpha value is -2.72. The average Bonchev–Trinajstić information content (AvgIpc) is 3.37. The summed E-state index contributed by atoms with van der Waals surface area (Å²) in [6.07, 6.45) is -3.95. The summed E-state index contributed by atoms with van der Waals surface area (Å²) >= 11 is 7.17. The van der Waals surface area contributed by atoms with Crippen molar-refractivity contribution in [2.24, 2.45) is 0 Å². The van der Waals surface area contributed by atoms with Crippen LogP contribution in [0.15, 0.2) is 41.2 Å². The van der Waals surface area contributed by atoms with E-state index in [-0.39, 0.29) is 24.5 Å². The summed E-state index contributed by atoms with van der Waals surface area (Å²) in [5.74, 6) is -0.499. The lowest BCUT2D eigenvalue weighted by Gasteiger charge is -2.22. The van der Waals surface area contributed by atoms with Gasteiger partial charge in [-0.1, -0.05) is 29.8 Å². The SMILES string of the molecule is COCCn1c(-c2ccc(Cl)s2)nn(CC(=O)NCC(NS(C)(=O)=O)c2ccccc2C(F)(F)F)c1=O. The fourth-order valence-corrected chi connectivity index (χ4v) is 5.25. The van der Waals surface area contributed by atoms with Gasteiger partial charge < -0.3 is 10.1 Å². The van der Waals surface area contributed by atoms with E-state index in [0.29, 0.717) is 9.21 Å². The van der Waals surface area contributed by atoms with Crippen molar-refractivity contribution in [2.45, 2.75) is 25.3 Å². The van der Waals surface area contributed by atoms with Crippen molar-refractivity contribution in [3.63, 3.8) is 0 Å². The summed E-state index contributed by atoms with van der Waals surface area (Å²) in [6, 6.07) is 6.32. The highest BCUT2D eigenvalue weighted by Gasteiger charge is 2.35. The van der Waals surface area contributed by atoms with Crippen LogP contribution in [0.1, 0.15) is 17.2 Å². The van der Waals surface area contributed by atoms with Gasteiger partial charge in [-0.15, -0.1) is 16.4 Å². The van der Waals surface area contributed by atoms with Crippen LogP contribution >= 0.6 is 22.9 Å². The summed E-state index contributed by atoms with van der Waals surface area (Å²) < 4.78 is 74.0.